The van der Waals surface area contributed by atoms with Crippen molar-refractivity contribution < 1.29 is 4.79 Å². The summed E-state index contributed by atoms with van der Waals surface area (Å²) < 4.78 is 0. The van der Waals surface area contributed by atoms with Crippen molar-refractivity contribution in [1.82, 2.24) is 15.2 Å². The Labute approximate surface area is 107 Å². The largest absolute Gasteiger partial charge is 0.305 e. The van der Waals surface area contributed by atoms with Crippen LogP contribution in [-0.2, 0) is 0 Å². The van der Waals surface area contributed by atoms with E-state index in [1.165, 1.54) is 18.5 Å². The zero-order valence-corrected chi connectivity index (χ0v) is 9.90. The van der Waals surface area contributed by atoms with Crippen molar-refractivity contribution >= 4 is 34.9 Å². The van der Waals surface area contributed by atoms with Crippen molar-refractivity contribution in [2.75, 3.05) is 5.32 Å². The first-order valence-corrected chi connectivity index (χ1v) is 5.32. The van der Waals surface area contributed by atoms with E-state index in [0.717, 1.165) is 0 Å². The first-order chi connectivity index (χ1) is 8.16. The Bertz CT molecular complexity index is 547. The highest BCUT2D eigenvalue weighted by Gasteiger charge is 2.12. The van der Waals surface area contributed by atoms with Gasteiger partial charge in [-0.25, -0.2) is 4.98 Å². The van der Waals surface area contributed by atoms with Gasteiger partial charge in [-0.3, -0.25) is 4.79 Å². The molecule has 0 aliphatic rings. The monoisotopic (exact) mass is 268 g/mol. The molecule has 0 bridgehead atoms. The molecule has 0 radical (unpaired) electrons. The molecule has 0 fully saturated rings. The molecule has 0 spiro atoms. The van der Waals surface area contributed by atoms with Crippen molar-refractivity contribution in [2.24, 2.45) is 0 Å². The lowest BCUT2D eigenvalue weighted by molar-refractivity contribution is 0.102. The van der Waals surface area contributed by atoms with Crippen LogP contribution in [0.25, 0.3) is 0 Å². The Kier molecular flexibility index (Phi) is 3.51. The van der Waals surface area contributed by atoms with Crippen LogP contribution in [0.1, 0.15) is 10.4 Å². The lowest BCUT2D eigenvalue weighted by atomic mass is 10.2. The molecule has 0 aliphatic carbocycles. The maximum absolute atomic E-state index is 11.8. The van der Waals surface area contributed by atoms with Crippen molar-refractivity contribution in [1.29, 1.82) is 0 Å². The van der Waals surface area contributed by atoms with Gasteiger partial charge in [0.05, 0.1) is 10.6 Å². The second kappa shape index (κ2) is 5.07. The van der Waals surface area contributed by atoms with Gasteiger partial charge < -0.3 is 5.32 Å². The van der Waals surface area contributed by atoms with Gasteiger partial charge in [-0.05, 0) is 18.2 Å². The fraction of sp³-hybridized carbons (Fsp3) is 0. The summed E-state index contributed by atoms with van der Waals surface area (Å²) in [5, 5.41) is 10.3. The standard InChI is InChI=1S/C10H6Cl2N4O/c11-7-4-8(12)13-5-6(7)10(17)15-9-2-1-3-14-16-9/h1-5H,(H,15,16,17). The summed E-state index contributed by atoms with van der Waals surface area (Å²) in [5.74, 6) is -0.0804. The number of nitrogens with zero attached hydrogens (tertiary/aromatic N) is 3. The van der Waals surface area contributed by atoms with E-state index in [1.54, 1.807) is 12.1 Å². The molecule has 0 aliphatic heterocycles. The molecule has 1 N–H and O–H groups in total. The molecule has 17 heavy (non-hydrogen) atoms. The molecule has 5 nitrogen and oxygen atoms in total. The number of pyridine rings is 1. The Morgan fingerprint density at radius 3 is 2.82 bits per heavy atom. The molecular weight excluding hydrogens is 263 g/mol. The Morgan fingerprint density at radius 1 is 1.35 bits per heavy atom. The highest BCUT2D eigenvalue weighted by Crippen LogP contribution is 2.19. The van der Waals surface area contributed by atoms with E-state index in [2.05, 4.69) is 20.5 Å². The summed E-state index contributed by atoms with van der Waals surface area (Å²) in [5.41, 5.74) is 0.224. The summed E-state index contributed by atoms with van der Waals surface area (Å²) >= 11 is 11.5. The summed E-state index contributed by atoms with van der Waals surface area (Å²) in [6.45, 7) is 0. The Balaban J connectivity index is 2.21. The van der Waals surface area contributed by atoms with Gasteiger partial charge in [-0.2, -0.15) is 5.10 Å². The number of carbonyl (C=O) groups excluding carboxylic acids is 1. The molecule has 2 heterocycles. The molecule has 0 saturated heterocycles. The first kappa shape index (κ1) is 11.8. The zero-order chi connectivity index (χ0) is 12.3. The third kappa shape index (κ3) is 2.89. The fourth-order valence-electron chi connectivity index (χ4n) is 1.13. The van der Waals surface area contributed by atoms with E-state index in [1.807, 2.05) is 0 Å². The second-order valence-corrected chi connectivity index (χ2v) is 3.84. The van der Waals surface area contributed by atoms with Gasteiger partial charge in [0.1, 0.15) is 5.15 Å². The van der Waals surface area contributed by atoms with Crippen LogP contribution in [-0.4, -0.2) is 21.1 Å². The number of anilines is 1. The molecule has 2 aromatic heterocycles. The lowest BCUT2D eigenvalue weighted by Crippen LogP contribution is -2.14. The minimum absolute atomic E-state index is 0.224. The summed E-state index contributed by atoms with van der Waals surface area (Å²) in [6, 6.07) is 4.67. The molecule has 2 aromatic rings. The van der Waals surface area contributed by atoms with Crippen LogP contribution >= 0.6 is 23.2 Å². The number of rotatable bonds is 2. The third-order valence-electron chi connectivity index (χ3n) is 1.88. The maximum Gasteiger partial charge on any atom is 0.259 e. The molecule has 2 rings (SSSR count). The number of nitrogens with one attached hydrogen (secondary N) is 1. The van der Waals surface area contributed by atoms with Crippen molar-refractivity contribution in [2.45, 2.75) is 0 Å². The average Bonchev–Trinajstić information content (AvgIpc) is 2.30. The maximum atomic E-state index is 11.8. The summed E-state index contributed by atoms with van der Waals surface area (Å²) in [6.07, 6.45) is 2.81. The van der Waals surface area contributed by atoms with Crippen LogP contribution in [0.4, 0.5) is 5.82 Å². The van der Waals surface area contributed by atoms with Crippen LogP contribution < -0.4 is 5.32 Å². The minimum atomic E-state index is -0.417. The fourth-order valence-corrected chi connectivity index (χ4v) is 1.58. The SMILES string of the molecule is O=C(Nc1cccnn1)c1cnc(Cl)cc1Cl. The molecule has 0 saturated carbocycles. The van der Waals surface area contributed by atoms with Crippen molar-refractivity contribution in [3.05, 3.63) is 46.3 Å². The average molecular weight is 269 g/mol. The van der Waals surface area contributed by atoms with Crippen LogP contribution in [0.15, 0.2) is 30.6 Å². The predicted molar refractivity (Wildman–Crippen MR) is 64.2 cm³/mol. The van der Waals surface area contributed by atoms with Gasteiger partial charge in [0.25, 0.3) is 5.91 Å². The third-order valence-corrected chi connectivity index (χ3v) is 2.40. The van der Waals surface area contributed by atoms with Crippen LogP contribution in [0.2, 0.25) is 10.2 Å². The normalized spacial score (nSPS) is 10.0. The molecule has 0 aromatic carbocycles. The number of aromatic nitrogens is 3. The van der Waals surface area contributed by atoms with Crippen LogP contribution in [0, 0.1) is 0 Å². The number of hydrogen-bond acceptors (Lipinski definition) is 4. The number of halogens is 2. The predicted octanol–water partition coefficient (Wildman–Crippen LogP) is 2.43. The number of hydrogen-bond donors (Lipinski definition) is 1. The minimum Gasteiger partial charge on any atom is -0.305 e. The molecule has 0 atom stereocenters. The van der Waals surface area contributed by atoms with Crippen LogP contribution in [0.5, 0.6) is 0 Å². The topological polar surface area (TPSA) is 67.8 Å². The zero-order valence-electron chi connectivity index (χ0n) is 8.39. The van der Waals surface area contributed by atoms with E-state index in [0.29, 0.717) is 5.82 Å². The molecule has 0 unspecified atom stereocenters. The van der Waals surface area contributed by atoms with Gasteiger partial charge in [-0.1, -0.05) is 23.2 Å². The van der Waals surface area contributed by atoms with Gasteiger partial charge in [0, 0.05) is 12.4 Å². The van der Waals surface area contributed by atoms with E-state index in [9.17, 15) is 4.79 Å². The van der Waals surface area contributed by atoms with E-state index in [4.69, 9.17) is 23.2 Å². The summed E-state index contributed by atoms with van der Waals surface area (Å²) in [7, 11) is 0. The first-order valence-electron chi connectivity index (χ1n) is 4.57. The van der Waals surface area contributed by atoms with Crippen molar-refractivity contribution in [3.8, 4) is 0 Å². The van der Waals surface area contributed by atoms with E-state index < -0.39 is 5.91 Å². The van der Waals surface area contributed by atoms with Crippen LogP contribution in [0.3, 0.4) is 0 Å². The quantitative estimate of drug-likeness (QED) is 0.850. The number of amides is 1. The van der Waals surface area contributed by atoms with E-state index in [-0.39, 0.29) is 15.7 Å². The second-order valence-electron chi connectivity index (χ2n) is 3.05. The molecular formula is C10H6Cl2N4O. The van der Waals surface area contributed by atoms with Gasteiger partial charge in [0.2, 0.25) is 0 Å². The molecule has 1 amide bonds. The van der Waals surface area contributed by atoms with E-state index >= 15 is 0 Å². The summed E-state index contributed by atoms with van der Waals surface area (Å²) in [4.78, 5) is 15.6. The van der Waals surface area contributed by atoms with Gasteiger partial charge >= 0.3 is 0 Å². The Hall–Kier alpha value is -1.72. The van der Waals surface area contributed by atoms with Gasteiger partial charge in [-0.15, -0.1) is 5.10 Å². The smallest absolute Gasteiger partial charge is 0.259 e. The number of carbonyl (C=O) groups is 1. The molecule has 7 heteroatoms. The highest BCUT2D eigenvalue weighted by molar-refractivity contribution is 6.36. The lowest BCUT2D eigenvalue weighted by Gasteiger charge is -2.04. The highest BCUT2D eigenvalue weighted by atomic mass is 35.5. The Morgan fingerprint density at radius 2 is 2.18 bits per heavy atom. The van der Waals surface area contributed by atoms with Gasteiger partial charge in [0.15, 0.2) is 5.82 Å². The molecule has 86 valence electrons. The van der Waals surface area contributed by atoms with Crippen molar-refractivity contribution in [3.63, 3.8) is 0 Å².